The molecule has 1 aromatic carbocycles. The van der Waals surface area contributed by atoms with Gasteiger partial charge in [0, 0.05) is 4.88 Å². The van der Waals surface area contributed by atoms with E-state index < -0.39 is 0 Å². The number of hydrogen-bond donors (Lipinski definition) is 0. The fourth-order valence-electron chi connectivity index (χ4n) is 2.33. The van der Waals surface area contributed by atoms with Crippen molar-refractivity contribution in [2.45, 2.75) is 19.4 Å². The first kappa shape index (κ1) is 12.2. The van der Waals surface area contributed by atoms with Crippen molar-refractivity contribution in [2.24, 2.45) is 0 Å². The third kappa shape index (κ3) is 2.36. The predicted octanol–water partition coefficient (Wildman–Crippen LogP) is 3.10. The molecule has 1 aromatic heterocycles. The van der Waals surface area contributed by atoms with E-state index in [0.717, 1.165) is 16.3 Å². The first-order valence-electron chi connectivity index (χ1n) is 6.32. The molecular weight excluding hydrogens is 258 g/mol. The lowest BCUT2D eigenvalue weighted by Gasteiger charge is -2.35. The van der Waals surface area contributed by atoms with E-state index in [1.165, 1.54) is 0 Å². The van der Waals surface area contributed by atoms with Gasteiger partial charge in [0.1, 0.15) is 12.4 Å². The largest absolute Gasteiger partial charge is 0.489 e. The van der Waals surface area contributed by atoms with Gasteiger partial charge in [-0.3, -0.25) is 4.79 Å². The topological polar surface area (TPSA) is 29.5 Å². The summed E-state index contributed by atoms with van der Waals surface area (Å²) >= 11 is 1.62. The maximum atomic E-state index is 12.5. The first-order valence-corrected chi connectivity index (χ1v) is 7.20. The zero-order valence-electron chi connectivity index (χ0n) is 10.7. The highest BCUT2D eigenvalue weighted by Gasteiger charge is 2.29. The molecule has 19 heavy (non-hydrogen) atoms. The number of para-hydroxylation sites is 2. The van der Waals surface area contributed by atoms with Gasteiger partial charge in [0.05, 0.1) is 18.2 Å². The van der Waals surface area contributed by atoms with Crippen molar-refractivity contribution < 1.29 is 9.53 Å². The van der Waals surface area contributed by atoms with Gasteiger partial charge in [0.25, 0.3) is 0 Å². The number of anilines is 1. The molecule has 1 amide bonds. The second kappa shape index (κ2) is 5.05. The van der Waals surface area contributed by atoms with E-state index in [4.69, 9.17) is 4.74 Å². The Bertz CT molecular complexity index is 580. The molecule has 98 valence electrons. The number of thiophene rings is 1. The number of ether oxygens (including phenoxy) is 1. The lowest BCUT2D eigenvalue weighted by atomic mass is 10.1. The number of fused-ring (bicyclic) bond motifs is 1. The quantitative estimate of drug-likeness (QED) is 0.841. The van der Waals surface area contributed by atoms with E-state index in [0.29, 0.717) is 13.0 Å². The van der Waals surface area contributed by atoms with Crippen molar-refractivity contribution in [3.05, 3.63) is 46.7 Å². The summed E-state index contributed by atoms with van der Waals surface area (Å²) in [6.45, 7) is 2.56. The molecule has 0 bridgehead atoms. The van der Waals surface area contributed by atoms with Crippen LogP contribution in [0.1, 0.15) is 11.8 Å². The van der Waals surface area contributed by atoms with Gasteiger partial charge in [-0.25, -0.2) is 0 Å². The Morgan fingerprint density at radius 2 is 2.21 bits per heavy atom. The summed E-state index contributed by atoms with van der Waals surface area (Å²) < 4.78 is 5.66. The van der Waals surface area contributed by atoms with Crippen LogP contribution in [-0.2, 0) is 11.2 Å². The molecule has 1 unspecified atom stereocenters. The molecule has 3 nitrogen and oxygen atoms in total. The van der Waals surface area contributed by atoms with Gasteiger partial charge in [0.15, 0.2) is 0 Å². The van der Waals surface area contributed by atoms with Crippen LogP contribution in [-0.4, -0.2) is 18.6 Å². The van der Waals surface area contributed by atoms with Crippen LogP contribution in [0.5, 0.6) is 5.75 Å². The molecule has 0 saturated heterocycles. The van der Waals surface area contributed by atoms with Crippen LogP contribution in [0, 0.1) is 0 Å². The second-order valence-electron chi connectivity index (χ2n) is 4.65. The first-order chi connectivity index (χ1) is 9.25. The lowest BCUT2D eigenvalue weighted by molar-refractivity contribution is -0.118. The second-order valence-corrected chi connectivity index (χ2v) is 5.68. The normalized spacial score (nSPS) is 17.7. The van der Waals surface area contributed by atoms with Crippen LogP contribution in [0.15, 0.2) is 41.8 Å². The maximum absolute atomic E-state index is 12.5. The zero-order chi connectivity index (χ0) is 13.2. The highest BCUT2D eigenvalue weighted by molar-refractivity contribution is 7.10. The molecule has 1 aliphatic heterocycles. The van der Waals surface area contributed by atoms with Gasteiger partial charge >= 0.3 is 0 Å². The van der Waals surface area contributed by atoms with Crippen LogP contribution in [0.4, 0.5) is 5.69 Å². The fourth-order valence-corrected chi connectivity index (χ4v) is 3.02. The minimum Gasteiger partial charge on any atom is -0.489 e. The van der Waals surface area contributed by atoms with Crippen molar-refractivity contribution in [2.75, 3.05) is 11.5 Å². The fraction of sp³-hybridized carbons (Fsp3) is 0.267. The third-order valence-corrected chi connectivity index (χ3v) is 4.10. The molecule has 4 heteroatoms. The Morgan fingerprint density at radius 3 is 3.00 bits per heavy atom. The Morgan fingerprint density at radius 1 is 1.37 bits per heavy atom. The van der Waals surface area contributed by atoms with Crippen LogP contribution in [0.2, 0.25) is 0 Å². The molecule has 2 heterocycles. The van der Waals surface area contributed by atoms with E-state index in [9.17, 15) is 4.79 Å². The average molecular weight is 273 g/mol. The van der Waals surface area contributed by atoms with Crippen molar-refractivity contribution >= 4 is 22.9 Å². The molecule has 0 aliphatic carbocycles. The van der Waals surface area contributed by atoms with Gasteiger partial charge in [0.2, 0.25) is 5.91 Å². The monoisotopic (exact) mass is 273 g/mol. The third-order valence-electron chi connectivity index (χ3n) is 3.22. The molecule has 2 aromatic rings. The molecular formula is C15H15NO2S. The Labute approximate surface area is 116 Å². The Balaban J connectivity index is 1.88. The summed E-state index contributed by atoms with van der Waals surface area (Å²) in [5.41, 5.74) is 0.878. The molecule has 0 fully saturated rings. The number of nitrogens with zero attached hydrogens (tertiary/aromatic N) is 1. The molecule has 3 rings (SSSR count). The summed E-state index contributed by atoms with van der Waals surface area (Å²) in [5.74, 6) is 0.922. The lowest BCUT2D eigenvalue weighted by Crippen LogP contribution is -2.45. The minimum absolute atomic E-state index is 0.0716. The van der Waals surface area contributed by atoms with E-state index >= 15 is 0 Å². The van der Waals surface area contributed by atoms with Gasteiger partial charge in [-0.1, -0.05) is 18.2 Å². The number of hydrogen-bond acceptors (Lipinski definition) is 3. The van der Waals surface area contributed by atoms with E-state index in [2.05, 4.69) is 0 Å². The number of benzene rings is 1. The molecule has 0 N–H and O–H groups in total. The van der Waals surface area contributed by atoms with Gasteiger partial charge in [-0.2, -0.15) is 0 Å². The molecule has 0 radical (unpaired) electrons. The van der Waals surface area contributed by atoms with E-state index in [1.807, 2.05) is 53.6 Å². The van der Waals surface area contributed by atoms with Gasteiger partial charge in [-0.15, -0.1) is 11.3 Å². The van der Waals surface area contributed by atoms with Crippen molar-refractivity contribution in [1.29, 1.82) is 0 Å². The highest BCUT2D eigenvalue weighted by atomic mass is 32.1. The SMILES string of the molecule is CC1COc2ccccc2N1C(=O)Cc1cccs1. The van der Waals surface area contributed by atoms with Gasteiger partial charge in [-0.05, 0) is 30.5 Å². The Kier molecular flexibility index (Phi) is 3.25. The molecule has 0 saturated carbocycles. The predicted molar refractivity (Wildman–Crippen MR) is 76.9 cm³/mol. The van der Waals surface area contributed by atoms with E-state index in [-0.39, 0.29) is 11.9 Å². The number of carbonyl (C=O) groups excluding carboxylic acids is 1. The van der Waals surface area contributed by atoms with Gasteiger partial charge < -0.3 is 9.64 Å². The molecule has 1 atom stereocenters. The van der Waals surface area contributed by atoms with Crippen LogP contribution >= 0.6 is 11.3 Å². The summed E-state index contributed by atoms with van der Waals surface area (Å²) in [7, 11) is 0. The van der Waals surface area contributed by atoms with Crippen molar-refractivity contribution in [3.63, 3.8) is 0 Å². The van der Waals surface area contributed by atoms with Crippen LogP contribution in [0.25, 0.3) is 0 Å². The molecule has 1 aliphatic rings. The van der Waals surface area contributed by atoms with E-state index in [1.54, 1.807) is 11.3 Å². The average Bonchev–Trinajstić information content (AvgIpc) is 2.91. The standard InChI is InChI=1S/C15H15NO2S/c1-11-10-18-14-7-3-2-6-13(14)16(11)15(17)9-12-5-4-8-19-12/h2-8,11H,9-10H2,1H3. The summed E-state index contributed by atoms with van der Waals surface area (Å²) in [6.07, 6.45) is 0.455. The number of rotatable bonds is 2. The Hall–Kier alpha value is -1.81. The summed E-state index contributed by atoms with van der Waals surface area (Å²) in [6, 6.07) is 11.8. The summed E-state index contributed by atoms with van der Waals surface area (Å²) in [5, 5.41) is 2.00. The van der Waals surface area contributed by atoms with Crippen molar-refractivity contribution in [1.82, 2.24) is 0 Å². The summed E-state index contributed by atoms with van der Waals surface area (Å²) in [4.78, 5) is 15.5. The maximum Gasteiger partial charge on any atom is 0.232 e. The smallest absolute Gasteiger partial charge is 0.232 e. The minimum atomic E-state index is 0.0716. The van der Waals surface area contributed by atoms with Crippen LogP contribution < -0.4 is 9.64 Å². The molecule has 0 spiro atoms. The number of amides is 1. The van der Waals surface area contributed by atoms with Crippen molar-refractivity contribution in [3.8, 4) is 5.75 Å². The number of carbonyl (C=O) groups is 1. The zero-order valence-corrected chi connectivity index (χ0v) is 11.5. The van der Waals surface area contributed by atoms with Crippen LogP contribution in [0.3, 0.4) is 0 Å². The highest BCUT2D eigenvalue weighted by Crippen LogP contribution is 2.34.